The second-order valence-electron chi connectivity index (χ2n) is 4.17. The summed E-state index contributed by atoms with van der Waals surface area (Å²) in [4.78, 5) is 0. The van der Waals surface area contributed by atoms with E-state index in [9.17, 15) is 8.78 Å². The number of nitrogens with two attached hydrogens (primary N) is 1. The highest BCUT2D eigenvalue weighted by atomic mass is 35.5. The van der Waals surface area contributed by atoms with Gasteiger partial charge in [-0.1, -0.05) is 22.8 Å². The maximum atomic E-state index is 13.8. The summed E-state index contributed by atoms with van der Waals surface area (Å²) in [6, 6.07) is 7.99. The van der Waals surface area contributed by atoms with Crippen molar-refractivity contribution in [3.8, 4) is 5.75 Å². The number of hydrogen-bond acceptors (Lipinski definition) is 3. The smallest absolute Gasteiger partial charge is 0.170 e. The third kappa shape index (κ3) is 3.61. The van der Waals surface area contributed by atoms with E-state index in [-0.39, 0.29) is 28.8 Å². The van der Waals surface area contributed by atoms with E-state index in [1.807, 2.05) is 0 Å². The summed E-state index contributed by atoms with van der Waals surface area (Å²) in [5, 5.41) is 11.3. The number of halogens is 3. The van der Waals surface area contributed by atoms with Gasteiger partial charge in [-0.15, -0.1) is 0 Å². The van der Waals surface area contributed by atoms with Gasteiger partial charge in [0.1, 0.15) is 12.4 Å². The van der Waals surface area contributed by atoms with E-state index in [1.165, 1.54) is 30.3 Å². The van der Waals surface area contributed by atoms with Crippen LogP contribution in [0.4, 0.5) is 8.78 Å². The van der Waals surface area contributed by atoms with E-state index >= 15 is 0 Å². The summed E-state index contributed by atoms with van der Waals surface area (Å²) in [5.74, 6) is -1.40. The van der Waals surface area contributed by atoms with Crippen LogP contribution in [0.3, 0.4) is 0 Å². The number of hydrogen-bond donors (Lipinski definition) is 2. The molecular formula is C14H11ClF2N2O2. The van der Waals surface area contributed by atoms with E-state index in [1.54, 1.807) is 0 Å². The van der Waals surface area contributed by atoms with Gasteiger partial charge in [-0.2, -0.15) is 0 Å². The van der Waals surface area contributed by atoms with Crippen LogP contribution < -0.4 is 10.5 Å². The van der Waals surface area contributed by atoms with Crippen molar-refractivity contribution in [2.75, 3.05) is 0 Å². The molecule has 7 heteroatoms. The van der Waals surface area contributed by atoms with Gasteiger partial charge < -0.3 is 15.7 Å². The number of ether oxygens (including phenoxy) is 1. The van der Waals surface area contributed by atoms with Gasteiger partial charge in [-0.25, -0.2) is 8.78 Å². The van der Waals surface area contributed by atoms with Crippen LogP contribution >= 0.6 is 11.6 Å². The first-order valence-corrected chi connectivity index (χ1v) is 6.23. The predicted molar refractivity (Wildman–Crippen MR) is 74.7 cm³/mol. The van der Waals surface area contributed by atoms with E-state index in [0.717, 1.165) is 6.07 Å². The van der Waals surface area contributed by atoms with Gasteiger partial charge in [0.2, 0.25) is 0 Å². The molecular weight excluding hydrogens is 302 g/mol. The molecule has 3 N–H and O–H groups in total. The lowest BCUT2D eigenvalue weighted by molar-refractivity contribution is 0.290. The molecule has 0 saturated heterocycles. The van der Waals surface area contributed by atoms with Crippen LogP contribution in [-0.2, 0) is 6.61 Å². The third-order valence-corrected chi connectivity index (χ3v) is 3.00. The Morgan fingerprint density at radius 2 is 1.95 bits per heavy atom. The second kappa shape index (κ2) is 6.41. The van der Waals surface area contributed by atoms with Crippen molar-refractivity contribution in [2.24, 2.45) is 10.9 Å². The minimum absolute atomic E-state index is 0.00932. The predicted octanol–water partition coefficient (Wildman–Crippen LogP) is 3.29. The Morgan fingerprint density at radius 3 is 2.57 bits per heavy atom. The van der Waals surface area contributed by atoms with Gasteiger partial charge in [0.15, 0.2) is 17.4 Å². The van der Waals surface area contributed by atoms with Gasteiger partial charge in [0.25, 0.3) is 0 Å². The van der Waals surface area contributed by atoms with Gasteiger partial charge >= 0.3 is 0 Å². The highest BCUT2D eigenvalue weighted by Crippen LogP contribution is 2.21. The van der Waals surface area contributed by atoms with Crippen LogP contribution in [0.5, 0.6) is 5.75 Å². The number of benzene rings is 2. The molecule has 110 valence electrons. The molecule has 0 heterocycles. The van der Waals surface area contributed by atoms with Crippen LogP contribution in [0.15, 0.2) is 41.6 Å². The Kier molecular flexibility index (Phi) is 4.59. The third-order valence-electron chi connectivity index (χ3n) is 2.71. The molecule has 0 aliphatic rings. The molecule has 0 aromatic heterocycles. The highest BCUT2D eigenvalue weighted by molar-refractivity contribution is 6.30. The minimum atomic E-state index is -0.660. The molecule has 0 fully saturated rings. The summed E-state index contributed by atoms with van der Waals surface area (Å²) in [5.41, 5.74) is 6.18. The molecule has 0 spiro atoms. The fraction of sp³-hybridized carbons (Fsp3) is 0.0714. The molecule has 0 atom stereocenters. The maximum Gasteiger partial charge on any atom is 0.170 e. The molecule has 2 aromatic rings. The van der Waals surface area contributed by atoms with E-state index in [2.05, 4.69) is 5.16 Å². The Labute approximate surface area is 124 Å². The topological polar surface area (TPSA) is 67.8 Å². The van der Waals surface area contributed by atoms with Gasteiger partial charge in [0.05, 0.1) is 5.02 Å². The van der Waals surface area contributed by atoms with Crippen LogP contribution in [0, 0.1) is 11.6 Å². The molecule has 0 radical (unpaired) electrons. The monoisotopic (exact) mass is 312 g/mol. The molecule has 0 aliphatic heterocycles. The van der Waals surface area contributed by atoms with E-state index in [4.69, 9.17) is 27.3 Å². The standard InChI is InChI=1S/C14H11ClF2N2O2/c15-10-5-8(1-3-11(10)16)7-21-13-4-2-9(6-12(13)17)14(18)19-20/h1-6,20H,7H2,(H2,18,19). The van der Waals surface area contributed by atoms with Crippen molar-refractivity contribution >= 4 is 17.4 Å². The first-order valence-electron chi connectivity index (χ1n) is 5.85. The van der Waals surface area contributed by atoms with Crippen LogP contribution in [0.25, 0.3) is 0 Å². The summed E-state index contributed by atoms with van der Waals surface area (Å²) >= 11 is 5.64. The molecule has 0 aliphatic carbocycles. The average Bonchev–Trinajstić information content (AvgIpc) is 2.48. The Hall–Kier alpha value is -2.34. The highest BCUT2D eigenvalue weighted by Gasteiger charge is 2.08. The number of rotatable bonds is 4. The van der Waals surface area contributed by atoms with Gasteiger partial charge in [-0.05, 0) is 35.9 Å². The zero-order valence-corrected chi connectivity index (χ0v) is 11.4. The summed E-state index contributed by atoms with van der Waals surface area (Å²) in [6.45, 7) is 0.0276. The molecule has 0 saturated carbocycles. The lowest BCUT2D eigenvalue weighted by Crippen LogP contribution is -2.13. The molecule has 4 nitrogen and oxygen atoms in total. The van der Waals surface area contributed by atoms with Crippen LogP contribution in [0.1, 0.15) is 11.1 Å². The largest absolute Gasteiger partial charge is 0.486 e. The van der Waals surface area contributed by atoms with E-state index < -0.39 is 11.6 Å². The second-order valence-corrected chi connectivity index (χ2v) is 4.57. The molecule has 0 amide bonds. The van der Waals surface area contributed by atoms with Crippen molar-refractivity contribution in [1.82, 2.24) is 0 Å². The SMILES string of the molecule is N/C(=N/O)c1ccc(OCc2ccc(F)c(Cl)c2)c(F)c1. The lowest BCUT2D eigenvalue weighted by atomic mass is 10.2. The molecule has 2 rings (SSSR count). The van der Waals surface area contributed by atoms with Crippen molar-refractivity contribution < 1.29 is 18.7 Å². The fourth-order valence-corrected chi connectivity index (χ4v) is 1.83. The number of amidine groups is 1. The normalized spacial score (nSPS) is 11.5. The molecule has 0 bridgehead atoms. The zero-order valence-electron chi connectivity index (χ0n) is 10.7. The minimum Gasteiger partial charge on any atom is -0.486 e. The first kappa shape index (κ1) is 15.1. The Morgan fingerprint density at radius 1 is 1.19 bits per heavy atom. The zero-order chi connectivity index (χ0) is 15.4. The summed E-state index contributed by atoms with van der Waals surface area (Å²) in [7, 11) is 0. The summed E-state index contributed by atoms with van der Waals surface area (Å²) in [6.07, 6.45) is 0. The van der Waals surface area contributed by atoms with Crippen LogP contribution in [-0.4, -0.2) is 11.0 Å². The fourth-order valence-electron chi connectivity index (χ4n) is 1.63. The summed E-state index contributed by atoms with van der Waals surface area (Å²) < 4.78 is 32.1. The number of nitrogens with zero attached hydrogens (tertiary/aromatic N) is 1. The van der Waals surface area contributed by atoms with Crippen molar-refractivity contribution in [3.63, 3.8) is 0 Å². The Bertz CT molecular complexity index is 693. The average molecular weight is 313 g/mol. The van der Waals surface area contributed by atoms with Crippen molar-refractivity contribution in [1.29, 1.82) is 0 Å². The quantitative estimate of drug-likeness (QED) is 0.394. The van der Waals surface area contributed by atoms with Crippen molar-refractivity contribution in [2.45, 2.75) is 6.61 Å². The first-order chi connectivity index (χ1) is 10.0. The van der Waals surface area contributed by atoms with Gasteiger partial charge in [0, 0.05) is 5.56 Å². The maximum absolute atomic E-state index is 13.8. The van der Waals surface area contributed by atoms with Gasteiger partial charge in [-0.3, -0.25) is 0 Å². The van der Waals surface area contributed by atoms with Crippen molar-refractivity contribution in [3.05, 3.63) is 64.2 Å². The Balaban J connectivity index is 2.11. The molecule has 2 aromatic carbocycles. The van der Waals surface area contributed by atoms with Crippen LogP contribution in [0.2, 0.25) is 5.02 Å². The lowest BCUT2D eigenvalue weighted by Gasteiger charge is -2.09. The molecule has 0 unspecified atom stereocenters. The van der Waals surface area contributed by atoms with E-state index in [0.29, 0.717) is 5.56 Å². The number of oxime groups is 1. The molecule has 21 heavy (non-hydrogen) atoms.